The molecule has 2 N–H and O–H groups in total. The summed E-state index contributed by atoms with van der Waals surface area (Å²) < 4.78 is 0. The Kier molecular flexibility index (Phi) is 4.59. The van der Waals surface area contributed by atoms with Gasteiger partial charge in [0, 0.05) is 12.5 Å². The van der Waals surface area contributed by atoms with Crippen LogP contribution in [0, 0.1) is 11.8 Å². The van der Waals surface area contributed by atoms with Gasteiger partial charge in [0.2, 0.25) is 0 Å². The normalized spacial score (nSPS) is 11.3. The molecule has 1 aromatic carbocycles. The minimum absolute atomic E-state index is 0.0979. The van der Waals surface area contributed by atoms with E-state index in [0.29, 0.717) is 12.8 Å². The summed E-state index contributed by atoms with van der Waals surface area (Å²) in [5.41, 5.74) is 6.89. The van der Waals surface area contributed by atoms with Gasteiger partial charge in [0.1, 0.15) is 5.78 Å². The van der Waals surface area contributed by atoms with E-state index in [4.69, 9.17) is 5.73 Å². The number of nitrogens with two attached hydrogens (primary N) is 1. The maximum atomic E-state index is 11.4. The molecule has 0 aliphatic heterocycles. The van der Waals surface area contributed by atoms with Crippen LogP contribution in [0.25, 0.3) is 0 Å². The Balaban J connectivity index is 2.51. The molecule has 0 radical (unpaired) electrons. The van der Waals surface area contributed by atoms with Crippen LogP contribution in [0.5, 0.6) is 0 Å². The van der Waals surface area contributed by atoms with E-state index in [1.165, 1.54) is 0 Å². The molecule has 1 atom stereocenters. The molecule has 0 bridgehead atoms. The van der Waals surface area contributed by atoms with Crippen molar-refractivity contribution < 1.29 is 4.79 Å². The molecule has 1 unspecified atom stereocenters. The number of carbonyl (C=O) groups excluding carboxylic acids is 1. The van der Waals surface area contributed by atoms with Gasteiger partial charge in [-0.15, -0.1) is 5.92 Å². The molecule has 0 spiro atoms. The zero-order valence-corrected chi connectivity index (χ0v) is 8.86. The van der Waals surface area contributed by atoms with E-state index in [9.17, 15) is 4.79 Å². The summed E-state index contributed by atoms with van der Waals surface area (Å²) in [6, 6.07) is 9.43. The summed E-state index contributed by atoms with van der Waals surface area (Å²) in [6.45, 7) is 1.73. The molecule has 15 heavy (non-hydrogen) atoms. The van der Waals surface area contributed by atoms with Crippen molar-refractivity contribution in [3.8, 4) is 11.8 Å². The largest absolute Gasteiger partial charge is 0.324 e. The first kappa shape index (κ1) is 11.5. The smallest absolute Gasteiger partial charge is 0.146 e. The van der Waals surface area contributed by atoms with E-state index in [2.05, 4.69) is 11.8 Å². The highest BCUT2D eigenvalue weighted by molar-refractivity contribution is 5.81. The zero-order chi connectivity index (χ0) is 11.1. The van der Waals surface area contributed by atoms with Gasteiger partial charge >= 0.3 is 0 Å². The Labute approximate surface area is 90.5 Å². The summed E-state index contributed by atoms with van der Waals surface area (Å²) in [6.07, 6.45) is 0.662. The minimum atomic E-state index is -0.211. The number of benzene rings is 1. The lowest BCUT2D eigenvalue weighted by molar-refractivity contribution is -0.118. The highest BCUT2D eigenvalue weighted by Crippen LogP contribution is 2.13. The fourth-order valence-corrected chi connectivity index (χ4v) is 1.32. The van der Waals surface area contributed by atoms with E-state index in [0.717, 1.165) is 5.56 Å². The van der Waals surface area contributed by atoms with Gasteiger partial charge in [-0.2, -0.15) is 0 Å². The second-order valence-corrected chi connectivity index (χ2v) is 3.36. The first-order valence-corrected chi connectivity index (χ1v) is 4.96. The van der Waals surface area contributed by atoms with Crippen molar-refractivity contribution in [2.24, 2.45) is 5.73 Å². The highest BCUT2D eigenvalue weighted by Gasteiger charge is 2.09. The Bertz CT molecular complexity index is 373. The highest BCUT2D eigenvalue weighted by atomic mass is 16.1. The number of ketones is 1. The molecule has 0 aromatic heterocycles. The van der Waals surface area contributed by atoms with E-state index < -0.39 is 0 Å². The molecule has 0 heterocycles. The zero-order valence-electron chi connectivity index (χ0n) is 8.86. The molecule has 0 saturated carbocycles. The third-order valence-electron chi connectivity index (χ3n) is 2.14. The molecule has 78 valence electrons. The van der Waals surface area contributed by atoms with Crippen molar-refractivity contribution in [1.82, 2.24) is 0 Å². The Morgan fingerprint density at radius 3 is 2.67 bits per heavy atom. The van der Waals surface area contributed by atoms with E-state index >= 15 is 0 Å². The quantitative estimate of drug-likeness (QED) is 0.758. The van der Waals surface area contributed by atoms with Crippen LogP contribution in [0.3, 0.4) is 0 Å². The standard InChI is InChI=1S/C13H15NO/c1-2-3-9-12(15)10-13(14)11-7-5-4-6-8-11/h4-8,13H,9-10,14H2,1H3. The lowest BCUT2D eigenvalue weighted by Crippen LogP contribution is -2.14. The van der Waals surface area contributed by atoms with Crippen molar-refractivity contribution in [3.63, 3.8) is 0 Å². The van der Waals surface area contributed by atoms with E-state index in [1.54, 1.807) is 6.92 Å². The van der Waals surface area contributed by atoms with Gasteiger partial charge in [0.05, 0.1) is 6.42 Å². The van der Waals surface area contributed by atoms with E-state index in [1.807, 2.05) is 30.3 Å². The lowest BCUT2D eigenvalue weighted by atomic mass is 10.0. The monoisotopic (exact) mass is 201 g/mol. The van der Waals surface area contributed by atoms with E-state index in [-0.39, 0.29) is 11.8 Å². The molecule has 0 saturated heterocycles. The van der Waals surface area contributed by atoms with Crippen LogP contribution in [-0.4, -0.2) is 5.78 Å². The molecule has 0 aliphatic rings. The molecule has 1 aromatic rings. The maximum Gasteiger partial charge on any atom is 0.146 e. The fraction of sp³-hybridized carbons (Fsp3) is 0.308. The molecule has 0 fully saturated rings. The van der Waals surface area contributed by atoms with Gasteiger partial charge in [-0.3, -0.25) is 4.79 Å². The van der Waals surface area contributed by atoms with Crippen LogP contribution in [0.4, 0.5) is 0 Å². The van der Waals surface area contributed by atoms with Gasteiger partial charge < -0.3 is 5.73 Å². The van der Waals surface area contributed by atoms with Crippen molar-refractivity contribution in [2.45, 2.75) is 25.8 Å². The average Bonchev–Trinajstić information content (AvgIpc) is 2.27. The van der Waals surface area contributed by atoms with Gasteiger partial charge in [-0.1, -0.05) is 36.3 Å². The van der Waals surface area contributed by atoms with Crippen molar-refractivity contribution >= 4 is 5.78 Å². The molecular formula is C13H15NO. The Hall–Kier alpha value is -1.59. The van der Waals surface area contributed by atoms with Crippen LogP contribution in [0.1, 0.15) is 31.4 Å². The SMILES string of the molecule is CC#CCC(=O)CC(N)c1ccccc1. The molecule has 2 heteroatoms. The molecule has 0 aliphatic carbocycles. The van der Waals surface area contributed by atoms with Gasteiger partial charge in [-0.25, -0.2) is 0 Å². The fourth-order valence-electron chi connectivity index (χ4n) is 1.32. The Morgan fingerprint density at radius 2 is 2.07 bits per heavy atom. The predicted molar refractivity (Wildman–Crippen MR) is 61.1 cm³/mol. The number of hydrogen-bond donors (Lipinski definition) is 1. The van der Waals surface area contributed by atoms with Gasteiger partial charge in [-0.05, 0) is 12.5 Å². The van der Waals surface area contributed by atoms with Crippen LogP contribution in [0.2, 0.25) is 0 Å². The summed E-state index contributed by atoms with van der Waals surface area (Å²) in [5, 5.41) is 0. The first-order chi connectivity index (χ1) is 7.24. The Morgan fingerprint density at radius 1 is 1.40 bits per heavy atom. The summed E-state index contributed by atoms with van der Waals surface area (Å²) in [4.78, 5) is 11.4. The first-order valence-electron chi connectivity index (χ1n) is 4.96. The topological polar surface area (TPSA) is 43.1 Å². The third kappa shape index (κ3) is 3.97. The number of Topliss-reactive ketones (excluding diaryl/α,β-unsaturated/α-hetero) is 1. The van der Waals surface area contributed by atoms with Gasteiger partial charge in [0.15, 0.2) is 0 Å². The van der Waals surface area contributed by atoms with Crippen molar-refractivity contribution in [1.29, 1.82) is 0 Å². The van der Waals surface area contributed by atoms with Crippen molar-refractivity contribution in [3.05, 3.63) is 35.9 Å². The van der Waals surface area contributed by atoms with Crippen molar-refractivity contribution in [2.75, 3.05) is 0 Å². The predicted octanol–water partition coefficient (Wildman–Crippen LogP) is 2.06. The van der Waals surface area contributed by atoms with Gasteiger partial charge in [0.25, 0.3) is 0 Å². The second kappa shape index (κ2) is 6.00. The van der Waals surface area contributed by atoms with Crippen LogP contribution in [-0.2, 0) is 4.79 Å². The second-order valence-electron chi connectivity index (χ2n) is 3.36. The van der Waals surface area contributed by atoms with Crippen LogP contribution in [0.15, 0.2) is 30.3 Å². The number of rotatable bonds is 4. The minimum Gasteiger partial charge on any atom is -0.324 e. The molecule has 0 amide bonds. The average molecular weight is 201 g/mol. The third-order valence-corrected chi connectivity index (χ3v) is 2.14. The van der Waals surface area contributed by atoms with Crippen LogP contribution >= 0.6 is 0 Å². The number of hydrogen-bond acceptors (Lipinski definition) is 2. The molecular weight excluding hydrogens is 186 g/mol. The lowest BCUT2D eigenvalue weighted by Gasteiger charge is -2.09. The van der Waals surface area contributed by atoms with Crippen LogP contribution < -0.4 is 5.73 Å². The molecule has 1 rings (SSSR count). The summed E-state index contributed by atoms with van der Waals surface area (Å²) >= 11 is 0. The number of carbonyl (C=O) groups is 1. The summed E-state index contributed by atoms with van der Waals surface area (Å²) in [7, 11) is 0. The summed E-state index contributed by atoms with van der Waals surface area (Å²) in [5.74, 6) is 5.55. The molecule has 2 nitrogen and oxygen atoms in total. The maximum absolute atomic E-state index is 11.4.